The molecule has 85 valence electrons. The Hall–Kier alpha value is -1.06. The van der Waals surface area contributed by atoms with E-state index in [0.29, 0.717) is 12.0 Å². The van der Waals surface area contributed by atoms with Crippen LogP contribution in [0.15, 0.2) is 18.3 Å². The van der Waals surface area contributed by atoms with E-state index in [2.05, 4.69) is 38.9 Å². The van der Waals surface area contributed by atoms with Gasteiger partial charge in [0.2, 0.25) is 0 Å². The van der Waals surface area contributed by atoms with E-state index in [9.17, 15) is 0 Å². The molecular weight excluding hydrogens is 224 g/mol. The lowest BCUT2D eigenvalue weighted by atomic mass is 9.76. The predicted octanol–water partition coefficient (Wildman–Crippen LogP) is 1.35. The van der Waals surface area contributed by atoms with E-state index in [1.54, 1.807) is 0 Å². The van der Waals surface area contributed by atoms with Crippen LogP contribution in [0.25, 0.3) is 10.9 Å². The van der Waals surface area contributed by atoms with Crippen molar-refractivity contribution in [2.45, 2.75) is 31.2 Å². The number of hydrogen-bond acceptors (Lipinski definition) is 1. The van der Waals surface area contributed by atoms with E-state index in [4.69, 9.17) is 0 Å². The van der Waals surface area contributed by atoms with Crippen LogP contribution in [0.3, 0.4) is 0 Å². The highest BCUT2D eigenvalue weighted by Crippen LogP contribution is 2.39. The van der Waals surface area contributed by atoms with Crippen molar-refractivity contribution in [3.8, 4) is 0 Å². The van der Waals surface area contributed by atoms with Gasteiger partial charge < -0.3 is 10.3 Å². The van der Waals surface area contributed by atoms with Crippen LogP contribution >= 0.6 is 0 Å². The average molecular weight is 239 g/mol. The molecule has 1 fully saturated rings. The number of aromatic amines is 1. The normalized spacial score (nSPS) is 27.1. The van der Waals surface area contributed by atoms with Crippen molar-refractivity contribution < 1.29 is 0 Å². The summed E-state index contributed by atoms with van der Waals surface area (Å²) in [6, 6.07) is 5.15. The second kappa shape index (κ2) is 3.46. The highest BCUT2D eigenvalue weighted by atomic mass is 28.1. The summed E-state index contributed by atoms with van der Waals surface area (Å²) in [5.74, 6) is 0.700. The molecule has 3 radical (unpaired) electrons. The van der Waals surface area contributed by atoms with Crippen LogP contribution in [0.1, 0.15) is 29.9 Å². The number of piperidine rings is 1. The van der Waals surface area contributed by atoms with Crippen molar-refractivity contribution in [1.29, 1.82) is 0 Å². The molecule has 4 rings (SSSR count). The fourth-order valence-electron chi connectivity index (χ4n) is 3.60. The Morgan fingerprint density at radius 3 is 3.18 bits per heavy atom. The van der Waals surface area contributed by atoms with Crippen molar-refractivity contribution >= 4 is 26.3 Å². The smallest absolute Gasteiger partial charge is 0.0712 e. The molecule has 1 aliphatic carbocycles. The fourth-order valence-corrected chi connectivity index (χ4v) is 3.90. The summed E-state index contributed by atoms with van der Waals surface area (Å²) in [7, 11) is 3.69. The molecular formula is C14H15N2Si. The molecule has 0 spiro atoms. The lowest BCUT2D eigenvalue weighted by Gasteiger charge is -2.36. The van der Waals surface area contributed by atoms with Crippen molar-refractivity contribution in [3.63, 3.8) is 0 Å². The summed E-state index contributed by atoms with van der Waals surface area (Å²) < 4.78 is 0. The summed E-state index contributed by atoms with van der Waals surface area (Å²) in [5, 5.41) is 6.35. The molecule has 2 aromatic rings. The van der Waals surface area contributed by atoms with Gasteiger partial charge in [-0.3, -0.25) is 0 Å². The minimum atomic E-state index is 0.642. The molecule has 2 atom stereocenters. The highest BCUT2D eigenvalue weighted by Gasteiger charge is 2.32. The van der Waals surface area contributed by atoms with Gasteiger partial charge in [0, 0.05) is 29.1 Å². The van der Waals surface area contributed by atoms with Gasteiger partial charge in [-0.25, -0.2) is 0 Å². The molecule has 1 aromatic carbocycles. The lowest BCUT2D eigenvalue weighted by Crippen LogP contribution is -2.43. The van der Waals surface area contributed by atoms with E-state index in [0.717, 1.165) is 0 Å². The molecule has 1 aliphatic heterocycles. The summed E-state index contributed by atoms with van der Waals surface area (Å²) in [6.45, 7) is 1.18. The van der Waals surface area contributed by atoms with Crippen molar-refractivity contribution in [2.75, 3.05) is 6.54 Å². The molecule has 1 saturated heterocycles. The minimum Gasteiger partial charge on any atom is -0.361 e. The molecule has 3 heteroatoms. The summed E-state index contributed by atoms with van der Waals surface area (Å²) in [4.78, 5) is 3.41. The number of benzene rings is 1. The summed E-state index contributed by atoms with van der Waals surface area (Å²) >= 11 is 0. The monoisotopic (exact) mass is 239 g/mol. The highest BCUT2D eigenvalue weighted by molar-refractivity contribution is 6.33. The van der Waals surface area contributed by atoms with E-state index in [1.807, 2.05) is 0 Å². The lowest BCUT2D eigenvalue weighted by molar-refractivity contribution is 0.345. The SMILES string of the molecule is [Si]c1cc2c3c(c[nH]c3c1)C[C@H]1NCCCC21. The largest absolute Gasteiger partial charge is 0.361 e. The van der Waals surface area contributed by atoms with Gasteiger partial charge in [-0.1, -0.05) is 11.3 Å². The van der Waals surface area contributed by atoms with Crippen molar-refractivity contribution in [3.05, 3.63) is 29.5 Å². The van der Waals surface area contributed by atoms with Crippen molar-refractivity contribution in [1.82, 2.24) is 10.3 Å². The van der Waals surface area contributed by atoms with Crippen molar-refractivity contribution in [2.24, 2.45) is 0 Å². The molecule has 0 bridgehead atoms. The van der Waals surface area contributed by atoms with Gasteiger partial charge in [0.05, 0.1) is 10.2 Å². The summed E-state index contributed by atoms with van der Waals surface area (Å²) in [5.41, 5.74) is 4.30. The molecule has 1 aromatic heterocycles. The van der Waals surface area contributed by atoms with Crippen LogP contribution < -0.4 is 10.5 Å². The number of hydrogen-bond donors (Lipinski definition) is 2. The van der Waals surface area contributed by atoms with Crippen LogP contribution in [0.5, 0.6) is 0 Å². The van der Waals surface area contributed by atoms with E-state index in [-0.39, 0.29) is 0 Å². The summed E-state index contributed by atoms with van der Waals surface area (Å²) in [6.07, 6.45) is 5.99. The molecule has 17 heavy (non-hydrogen) atoms. The van der Waals surface area contributed by atoms with Crippen LogP contribution in [0.2, 0.25) is 0 Å². The van der Waals surface area contributed by atoms with Gasteiger partial charge in [0.25, 0.3) is 0 Å². The minimum absolute atomic E-state index is 0.642. The average Bonchev–Trinajstić information content (AvgIpc) is 2.73. The molecule has 2 N–H and O–H groups in total. The van der Waals surface area contributed by atoms with Crippen LogP contribution in [0, 0.1) is 0 Å². The van der Waals surface area contributed by atoms with E-state index >= 15 is 0 Å². The zero-order valence-corrected chi connectivity index (χ0v) is 10.7. The number of nitrogens with one attached hydrogen (secondary N) is 2. The number of rotatable bonds is 0. The number of fused-ring (bicyclic) bond motifs is 2. The van der Waals surface area contributed by atoms with Crippen LogP contribution in [-0.2, 0) is 6.42 Å². The van der Waals surface area contributed by atoms with Crippen LogP contribution in [-0.4, -0.2) is 27.8 Å². The van der Waals surface area contributed by atoms with Gasteiger partial charge in [0.15, 0.2) is 0 Å². The Bertz CT molecular complexity index is 587. The first-order valence-corrected chi connectivity index (χ1v) is 6.92. The maximum atomic E-state index is 3.69. The topological polar surface area (TPSA) is 27.8 Å². The predicted molar refractivity (Wildman–Crippen MR) is 71.2 cm³/mol. The maximum absolute atomic E-state index is 3.69. The van der Waals surface area contributed by atoms with Crippen LogP contribution in [0.4, 0.5) is 0 Å². The first kappa shape index (κ1) is 9.92. The second-order valence-corrected chi connectivity index (χ2v) is 5.89. The van der Waals surface area contributed by atoms with Gasteiger partial charge >= 0.3 is 0 Å². The molecule has 0 amide bonds. The van der Waals surface area contributed by atoms with E-state index < -0.39 is 0 Å². The molecule has 1 unspecified atom stereocenters. The molecule has 2 nitrogen and oxygen atoms in total. The standard InChI is InChI=1S/C14H15N2Si/c17-9-5-11-10-2-1-3-15-12(10)4-8-7-16-13(6-9)14(8)11/h5-7,10,12,15-16H,1-4H2/t10?,12-/m1/s1. The third kappa shape index (κ3) is 1.36. The van der Waals surface area contributed by atoms with Gasteiger partial charge in [0.1, 0.15) is 0 Å². The molecule has 2 heterocycles. The first-order chi connectivity index (χ1) is 8.33. The quantitative estimate of drug-likeness (QED) is 0.667. The Morgan fingerprint density at radius 2 is 2.24 bits per heavy atom. The Balaban J connectivity index is 1.99. The first-order valence-electron chi connectivity index (χ1n) is 6.42. The Labute approximate surface area is 104 Å². The molecule has 0 saturated carbocycles. The third-order valence-electron chi connectivity index (χ3n) is 4.32. The molecule has 2 aliphatic rings. The zero-order chi connectivity index (χ0) is 11.4. The van der Waals surface area contributed by atoms with Gasteiger partial charge in [-0.05, 0) is 43.0 Å². The van der Waals surface area contributed by atoms with Gasteiger partial charge in [-0.2, -0.15) is 0 Å². The Morgan fingerprint density at radius 1 is 1.29 bits per heavy atom. The Kier molecular flexibility index (Phi) is 2.02. The third-order valence-corrected chi connectivity index (χ3v) is 4.60. The zero-order valence-electron chi connectivity index (χ0n) is 9.72. The van der Waals surface area contributed by atoms with E-state index in [1.165, 1.54) is 53.0 Å². The van der Waals surface area contributed by atoms with Gasteiger partial charge in [-0.15, -0.1) is 0 Å². The fraction of sp³-hybridized carbons (Fsp3) is 0.429. The maximum Gasteiger partial charge on any atom is 0.0712 e. The number of H-pyrrole nitrogens is 1. The number of aromatic nitrogens is 1. The second-order valence-electron chi connectivity index (χ2n) is 5.32.